The van der Waals surface area contributed by atoms with Crippen LogP contribution in [0.4, 0.5) is 5.69 Å². The minimum Gasteiger partial charge on any atom is -0.324 e. The molecule has 0 bridgehead atoms. The highest BCUT2D eigenvalue weighted by Gasteiger charge is 2.38. The monoisotopic (exact) mass is 176 g/mol. The molecule has 1 aromatic carbocycles. The van der Waals surface area contributed by atoms with Crippen LogP contribution < -0.4 is 11.1 Å². The summed E-state index contributed by atoms with van der Waals surface area (Å²) in [6.07, 6.45) is 0. The quantitative estimate of drug-likeness (QED) is 0.622. The average Bonchev–Trinajstić information content (AvgIpc) is 2.23. The topological polar surface area (TPSA) is 55.1 Å². The third-order valence-corrected chi connectivity index (χ3v) is 2.45. The Hall–Kier alpha value is -1.35. The number of carbonyl (C=O) groups excluding carboxylic acids is 1. The van der Waals surface area contributed by atoms with E-state index >= 15 is 0 Å². The maximum Gasteiger partial charge on any atom is 0.248 e. The Kier molecular flexibility index (Phi) is 1.48. The van der Waals surface area contributed by atoms with Gasteiger partial charge in [0.25, 0.3) is 0 Å². The molecule has 0 spiro atoms. The van der Waals surface area contributed by atoms with E-state index in [1.54, 1.807) is 6.92 Å². The van der Waals surface area contributed by atoms with Crippen molar-refractivity contribution in [1.82, 2.24) is 0 Å². The molecular weight excluding hydrogens is 164 g/mol. The highest BCUT2D eigenvalue weighted by Crippen LogP contribution is 2.33. The Morgan fingerprint density at radius 3 is 2.85 bits per heavy atom. The number of nitrogens with one attached hydrogen (secondary N) is 1. The number of hydrogen-bond donors (Lipinski definition) is 2. The van der Waals surface area contributed by atoms with Gasteiger partial charge in [0, 0.05) is 11.3 Å². The summed E-state index contributed by atoms with van der Waals surface area (Å²) in [5.41, 5.74) is 7.84. The van der Waals surface area contributed by atoms with Gasteiger partial charge in [0.15, 0.2) is 0 Å². The van der Waals surface area contributed by atoms with Crippen LogP contribution in [0.25, 0.3) is 0 Å². The van der Waals surface area contributed by atoms with Crippen molar-refractivity contribution in [1.29, 1.82) is 0 Å². The largest absolute Gasteiger partial charge is 0.324 e. The van der Waals surface area contributed by atoms with Crippen molar-refractivity contribution in [3.8, 4) is 0 Å². The van der Waals surface area contributed by atoms with Crippen LogP contribution in [0.1, 0.15) is 18.1 Å². The molecule has 3 N–H and O–H groups in total. The summed E-state index contributed by atoms with van der Waals surface area (Å²) in [5.74, 6) is -0.131. The Labute approximate surface area is 76.9 Å². The van der Waals surface area contributed by atoms with Gasteiger partial charge in [-0.25, -0.2) is 0 Å². The molecule has 68 valence electrons. The standard InChI is InChI=1S/C10H12N2O/c1-6-3-4-7-8(5-6)12-9(13)10(7,2)11/h3-5H,11H2,1-2H3,(H,12,13). The van der Waals surface area contributed by atoms with E-state index in [2.05, 4.69) is 5.32 Å². The van der Waals surface area contributed by atoms with E-state index in [0.717, 1.165) is 16.8 Å². The molecule has 3 nitrogen and oxygen atoms in total. The zero-order chi connectivity index (χ0) is 9.64. The Morgan fingerprint density at radius 2 is 2.15 bits per heavy atom. The van der Waals surface area contributed by atoms with Crippen LogP contribution in [0.15, 0.2) is 18.2 Å². The van der Waals surface area contributed by atoms with Crippen LogP contribution in [0.3, 0.4) is 0 Å². The molecular formula is C10H12N2O. The van der Waals surface area contributed by atoms with Crippen molar-refractivity contribution in [2.24, 2.45) is 5.73 Å². The SMILES string of the molecule is Cc1ccc2c(c1)NC(=O)C2(C)N. The Bertz CT molecular complexity index is 383. The van der Waals surface area contributed by atoms with Crippen molar-refractivity contribution in [3.63, 3.8) is 0 Å². The van der Waals surface area contributed by atoms with Gasteiger partial charge in [-0.15, -0.1) is 0 Å². The molecule has 1 aliphatic heterocycles. The molecule has 2 rings (SSSR count). The van der Waals surface area contributed by atoms with Gasteiger partial charge in [0.05, 0.1) is 0 Å². The van der Waals surface area contributed by atoms with E-state index in [9.17, 15) is 4.79 Å². The molecule has 0 aliphatic carbocycles. The number of amides is 1. The fourth-order valence-electron chi connectivity index (χ4n) is 1.59. The molecule has 13 heavy (non-hydrogen) atoms. The number of fused-ring (bicyclic) bond motifs is 1. The fraction of sp³-hybridized carbons (Fsp3) is 0.300. The number of anilines is 1. The third kappa shape index (κ3) is 1.04. The summed E-state index contributed by atoms with van der Waals surface area (Å²) < 4.78 is 0. The lowest BCUT2D eigenvalue weighted by atomic mass is 9.94. The maximum absolute atomic E-state index is 11.4. The van der Waals surface area contributed by atoms with Gasteiger partial charge >= 0.3 is 0 Å². The lowest BCUT2D eigenvalue weighted by Crippen LogP contribution is -2.40. The third-order valence-electron chi connectivity index (χ3n) is 2.45. The van der Waals surface area contributed by atoms with E-state index in [-0.39, 0.29) is 5.91 Å². The lowest BCUT2D eigenvalue weighted by Gasteiger charge is -2.14. The van der Waals surface area contributed by atoms with Gasteiger partial charge in [-0.2, -0.15) is 0 Å². The minimum atomic E-state index is -0.872. The first-order valence-corrected chi connectivity index (χ1v) is 4.23. The molecule has 1 atom stereocenters. The van der Waals surface area contributed by atoms with Crippen molar-refractivity contribution < 1.29 is 4.79 Å². The summed E-state index contributed by atoms with van der Waals surface area (Å²) in [5, 5.41) is 2.76. The summed E-state index contributed by atoms with van der Waals surface area (Å²) >= 11 is 0. The second-order valence-corrected chi connectivity index (χ2v) is 3.71. The Morgan fingerprint density at radius 1 is 1.46 bits per heavy atom. The van der Waals surface area contributed by atoms with Crippen molar-refractivity contribution >= 4 is 11.6 Å². The predicted molar refractivity (Wildman–Crippen MR) is 51.3 cm³/mol. The van der Waals surface area contributed by atoms with Crippen LogP contribution in [0.5, 0.6) is 0 Å². The van der Waals surface area contributed by atoms with Crippen molar-refractivity contribution in [2.45, 2.75) is 19.4 Å². The Balaban J connectivity index is 2.62. The van der Waals surface area contributed by atoms with Gasteiger partial charge in [-0.3, -0.25) is 4.79 Å². The molecule has 1 heterocycles. The molecule has 1 aromatic rings. The first-order valence-electron chi connectivity index (χ1n) is 4.23. The summed E-state index contributed by atoms with van der Waals surface area (Å²) in [7, 11) is 0. The zero-order valence-corrected chi connectivity index (χ0v) is 7.72. The molecule has 0 aromatic heterocycles. The highest BCUT2D eigenvalue weighted by molar-refractivity contribution is 6.05. The highest BCUT2D eigenvalue weighted by atomic mass is 16.2. The first-order chi connectivity index (χ1) is 6.01. The molecule has 1 aliphatic rings. The fourth-order valence-corrected chi connectivity index (χ4v) is 1.59. The predicted octanol–water partition coefficient (Wildman–Crippen LogP) is 1.12. The van der Waals surface area contributed by atoms with E-state index in [0.29, 0.717) is 0 Å². The van der Waals surface area contributed by atoms with E-state index in [1.807, 2.05) is 25.1 Å². The number of benzene rings is 1. The van der Waals surface area contributed by atoms with Crippen LogP contribution in [-0.4, -0.2) is 5.91 Å². The molecule has 1 unspecified atom stereocenters. The van der Waals surface area contributed by atoms with Crippen LogP contribution in [0.2, 0.25) is 0 Å². The van der Waals surface area contributed by atoms with Gasteiger partial charge in [-0.05, 0) is 25.5 Å². The summed E-state index contributed by atoms with van der Waals surface area (Å²) in [6, 6.07) is 5.80. The molecule has 1 amide bonds. The van der Waals surface area contributed by atoms with Crippen LogP contribution in [-0.2, 0) is 10.3 Å². The number of carbonyl (C=O) groups is 1. The molecule has 0 saturated heterocycles. The summed E-state index contributed by atoms with van der Waals surface area (Å²) in [4.78, 5) is 11.4. The van der Waals surface area contributed by atoms with Gasteiger partial charge in [-0.1, -0.05) is 12.1 Å². The second-order valence-electron chi connectivity index (χ2n) is 3.71. The summed E-state index contributed by atoms with van der Waals surface area (Å²) in [6.45, 7) is 3.71. The van der Waals surface area contributed by atoms with E-state index < -0.39 is 5.54 Å². The normalized spacial score (nSPS) is 25.6. The molecule has 0 fully saturated rings. The zero-order valence-electron chi connectivity index (χ0n) is 7.72. The smallest absolute Gasteiger partial charge is 0.248 e. The van der Waals surface area contributed by atoms with E-state index in [4.69, 9.17) is 5.73 Å². The second kappa shape index (κ2) is 2.33. The van der Waals surface area contributed by atoms with Gasteiger partial charge in [0.2, 0.25) is 5.91 Å². The maximum atomic E-state index is 11.4. The molecule has 0 saturated carbocycles. The van der Waals surface area contributed by atoms with Gasteiger partial charge < -0.3 is 11.1 Å². The van der Waals surface area contributed by atoms with E-state index in [1.165, 1.54) is 0 Å². The first kappa shape index (κ1) is 8.26. The molecule has 3 heteroatoms. The average molecular weight is 176 g/mol. The number of hydrogen-bond acceptors (Lipinski definition) is 2. The number of aryl methyl sites for hydroxylation is 1. The van der Waals surface area contributed by atoms with Crippen molar-refractivity contribution in [2.75, 3.05) is 5.32 Å². The van der Waals surface area contributed by atoms with Crippen LogP contribution in [0, 0.1) is 6.92 Å². The number of rotatable bonds is 0. The van der Waals surface area contributed by atoms with Crippen LogP contribution >= 0.6 is 0 Å². The molecule has 0 radical (unpaired) electrons. The lowest BCUT2D eigenvalue weighted by molar-refractivity contribution is -0.120. The number of nitrogens with two attached hydrogens (primary N) is 1. The van der Waals surface area contributed by atoms with Crippen molar-refractivity contribution in [3.05, 3.63) is 29.3 Å². The van der Waals surface area contributed by atoms with Gasteiger partial charge in [0.1, 0.15) is 5.54 Å². The minimum absolute atomic E-state index is 0.131.